The minimum absolute atomic E-state index is 0.0520. The number of carbonyl (C=O) groups is 1. The van der Waals surface area contributed by atoms with Crippen molar-refractivity contribution in [1.82, 2.24) is 4.90 Å². The third kappa shape index (κ3) is 4.09. The van der Waals surface area contributed by atoms with Gasteiger partial charge in [-0.1, -0.05) is 0 Å². The molecule has 0 saturated carbocycles. The number of halogens is 1. The Morgan fingerprint density at radius 3 is 3.00 bits per heavy atom. The maximum absolute atomic E-state index is 10.9. The van der Waals surface area contributed by atoms with Crippen LogP contribution in [-0.2, 0) is 16.1 Å². The highest BCUT2D eigenvalue weighted by atomic mass is 79.9. The summed E-state index contributed by atoms with van der Waals surface area (Å²) >= 11 is 3.29. The highest BCUT2D eigenvalue weighted by molar-refractivity contribution is 9.10. The van der Waals surface area contributed by atoms with Crippen molar-refractivity contribution >= 4 is 21.9 Å². The molecule has 21 heavy (non-hydrogen) atoms. The molecule has 1 aliphatic heterocycles. The number of ether oxygens (including phenoxy) is 2. The average molecular weight is 360 g/mol. The molecule has 116 valence electrons. The van der Waals surface area contributed by atoms with Gasteiger partial charge in [-0.25, -0.2) is 0 Å². The smallest absolute Gasteiger partial charge is 0.305 e. The van der Waals surface area contributed by atoms with Gasteiger partial charge in [0.25, 0.3) is 0 Å². The Bertz CT molecular complexity index is 522. The van der Waals surface area contributed by atoms with Gasteiger partial charge < -0.3 is 19.7 Å². The predicted molar refractivity (Wildman–Crippen MR) is 79.6 cm³/mol. The quantitative estimate of drug-likeness (QED) is 0.834. The van der Waals surface area contributed by atoms with Crippen molar-refractivity contribution in [3.05, 3.63) is 22.2 Å². The van der Waals surface area contributed by atoms with E-state index in [0.29, 0.717) is 36.5 Å². The number of phenols is 1. The fourth-order valence-electron chi connectivity index (χ4n) is 2.40. The van der Waals surface area contributed by atoms with Crippen LogP contribution in [-0.4, -0.2) is 54.0 Å². The summed E-state index contributed by atoms with van der Waals surface area (Å²) < 4.78 is 11.0. The SMILES string of the molecule is COc1cc(CN2CCOCC2CC(=O)O)cc(Br)c1O. The average Bonchev–Trinajstić information content (AvgIpc) is 2.44. The molecule has 0 bridgehead atoms. The van der Waals surface area contributed by atoms with E-state index in [4.69, 9.17) is 14.6 Å². The Balaban J connectivity index is 2.15. The lowest BCUT2D eigenvalue weighted by Gasteiger charge is -2.34. The van der Waals surface area contributed by atoms with Crippen molar-refractivity contribution in [2.45, 2.75) is 19.0 Å². The monoisotopic (exact) mass is 359 g/mol. The zero-order valence-electron chi connectivity index (χ0n) is 11.7. The molecule has 1 unspecified atom stereocenters. The van der Waals surface area contributed by atoms with Crippen LogP contribution < -0.4 is 4.74 Å². The van der Waals surface area contributed by atoms with Gasteiger partial charge in [0, 0.05) is 19.1 Å². The Labute approximate surface area is 131 Å². The molecule has 2 rings (SSSR count). The van der Waals surface area contributed by atoms with Crippen molar-refractivity contribution in [3.8, 4) is 11.5 Å². The topological polar surface area (TPSA) is 79.2 Å². The molecule has 1 fully saturated rings. The van der Waals surface area contributed by atoms with E-state index in [1.807, 2.05) is 6.07 Å². The number of hydrogen-bond donors (Lipinski definition) is 2. The van der Waals surface area contributed by atoms with Crippen LogP contribution in [0.25, 0.3) is 0 Å². The molecule has 1 aliphatic rings. The molecule has 0 amide bonds. The van der Waals surface area contributed by atoms with Crippen molar-refractivity contribution < 1.29 is 24.5 Å². The van der Waals surface area contributed by atoms with Gasteiger partial charge in [-0.05, 0) is 33.6 Å². The van der Waals surface area contributed by atoms with Crippen LogP contribution in [0.2, 0.25) is 0 Å². The lowest BCUT2D eigenvalue weighted by atomic mass is 10.1. The van der Waals surface area contributed by atoms with E-state index < -0.39 is 5.97 Å². The predicted octanol–water partition coefficient (Wildman–Crippen LogP) is 1.84. The molecule has 1 heterocycles. The van der Waals surface area contributed by atoms with Crippen LogP contribution in [0.15, 0.2) is 16.6 Å². The van der Waals surface area contributed by atoms with E-state index in [1.165, 1.54) is 7.11 Å². The van der Waals surface area contributed by atoms with Crippen LogP contribution in [0.4, 0.5) is 0 Å². The van der Waals surface area contributed by atoms with Gasteiger partial charge in [0.1, 0.15) is 0 Å². The first-order valence-corrected chi connectivity index (χ1v) is 7.39. The maximum atomic E-state index is 10.9. The Morgan fingerprint density at radius 2 is 2.33 bits per heavy atom. The number of nitrogens with zero attached hydrogens (tertiary/aromatic N) is 1. The molecule has 0 radical (unpaired) electrons. The number of benzene rings is 1. The van der Waals surface area contributed by atoms with Crippen molar-refractivity contribution in [2.75, 3.05) is 26.9 Å². The third-order valence-corrected chi connectivity index (χ3v) is 4.06. The van der Waals surface area contributed by atoms with Gasteiger partial charge >= 0.3 is 5.97 Å². The fraction of sp³-hybridized carbons (Fsp3) is 0.500. The van der Waals surface area contributed by atoms with E-state index in [1.54, 1.807) is 6.07 Å². The zero-order valence-corrected chi connectivity index (χ0v) is 13.3. The first kappa shape index (κ1) is 16.1. The second-order valence-corrected chi connectivity index (χ2v) is 5.78. The van der Waals surface area contributed by atoms with Crippen LogP contribution >= 0.6 is 15.9 Å². The summed E-state index contributed by atoms with van der Waals surface area (Å²) in [4.78, 5) is 13.0. The van der Waals surface area contributed by atoms with E-state index in [-0.39, 0.29) is 18.2 Å². The minimum atomic E-state index is -0.833. The zero-order chi connectivity index (χ0) is 15.4. The standard InChI is InChI=1S/C14H18BrNO5/c1-20-12-5-9(4-11(15)14(12)19)7-16-2-3-21-8-10(16)6-13(17)18/h4-5,10,19H,2-3,6-8H2,1H3,(H,17,18). The maximum Gasteiger partial charge on any atom is 0.305 e. The molecular weight excluding hydrogens is 342 g/mol. The Kier molecular flexibility index (Phi) is 5.44. The number of methoxy groups -OCH3 is 1. The van der Waals surface area contributed by atoms with Gasteiger partial charge in [-0.15, -0.1) is 0 Å². The van der Waals surface area contributed by atoms with Crippen molar-refractivity contribution in [1.29, 1.82) is 0 Å². The third-order valence-electron chi connectivity index (χ3n) is 3.45. The number of aliphatic carboxylic acids is 1. The highest BCUT2D eigenvalue weighted by Gasteiger charge is 2.25. The van der Waals surface area contributed by atoms with Gasteiger partial charge in [0.15, 0.2) is 11.5 Å². The van der Waals surface area contributed by atoms with Gasteiger partial charge in [0.05, 0.1) is 31.2 Å². The van der Waals surface area contributed by atoms with Crippen LogP contribution in [0.5, 0.6) is 11.5 Å². The van der Waals surface area contributed by atoms with Crippen LogP contribution in [0, 0.1) is 0 Å². The molecule has 1 aromatic carbocycles. The van der Waals surface area contributed by atoms with Gasteiger partial charge in [-0.3, -0.25) is 9.69 Å². The van der Waals surface area contributed by atoms with Crippen molar-refractivity contribution in [2.24, 2.45) is 0 Å². The lowest BCUT2D eigenvalue weighted by Crippen LogP contribution is -2.45. The highest BCUT2D eigenvalue weighted by Crippen LogP contribution is 2.35. The molecule has 2 N–H and O–H groups in total. The second-order valence-electron chi connectivity index (χ2n) is 4.93. The molecule has 6 nitrogen and oxygen atoms in total. The number of carboxylic acids is 1. The van der Waals surface area contributed by atoms with E-state index >= 15 is 0 Å². The summed E-state index contributed by atoms with van der Waals surface area (Å²) in [5.74, 6) is -0.382. The largest absolute Gasteiger partial charge is 0.503 e. The summed E-state index contributed by atoms with van der Waals surface area (Å²) in [6, 6.07) is 3.42. The van der Waals surface area contributed by atoms with Crippen LogP contribution in [0.3, 0.4) is 0 Å². The summed E-state index contributed by atoms with van der Waals surface area (Å²) in [5.41, 5.74) is 0.939. The number of aromatic hydroxyl groups is 1. The number of morpholine rings is 1. The summed E-state index contributed by atoms with van der Waals surface area (Å²) in [5, 5.41) is 18.8. The number of hydrogen-bond acceptors (Lipinski definition) is 5. The molecule has 0 aliphatic carbocycles. The lowest BCUT2D eigenvalue weighted by molar-refractivity contribution is -0.140. The molecule has 7 heteroatoms. The normalized spacial score (nSPS) is 19.4. The minimum Gasteiger partial charge on any atom is -0.503 e. The van der Waals surface area contributed by atoms with Crippen LogP contribution in [0.1, 0.15) is 12.0 Å². The first-order chi connectivity index (χ1) is 10.0. The molecule has 1 aromatic rings. The molecule has 1 saturated heterocycles. The summed E-state index contributed by atoms with van der Waals surface area (Å²) in [6.45, 7) is 2.27. The Morgan fingerprint density at radius 1 is 1.57 bits per heavy atom. The first-order valence-electron chi connectivity index (χ1n) is 6.60. The molecule has 0 spiro atoms. The molecule has 1 atom stereocenters. The number of carboxylic acid groups (broad SMARTS) is 1. The number of phenolic OH excluding ortho intramolecular Hbond substituents is 1. The summed E-state index contributed by atoms with van der Waals surface area (Å²) in [6.07, 6.45) is 0.0520. The summed E-state index contributed by atoms with van der Waals surface area (Å²) in [7, 11) is 1.49. The number of rotatable bonds is 5. The molecular formula is C14H18BrNO5. The Hall–Kier alpha value is -1.31. The second kappa shape index (κ2) is 7.11. The van der Waals surface area contributed by atoms with E-state index in [9.17, 15) is 9.90 Å². The van der Waals surface area contributed by atoms with Crippen molar-refractivity contribution in [3.63, 3.8) is 0 Å². The fourth-order valence-corrected chi connectivity index (χ4v) is 2.88. The van der Waals surface area contributed by atoms with E-state index in [0.717, 1.165) is 5.56 Å². The van der Waals surface area contributed by atoms with Gasteiger partial charge in [0.2, 0.25) is 0 Å². The molecule has 0 aromatic heterocycles. The van der Waals surface area contributed by atoms with Gasteiger partial charge in [-0.2, -0.15) is 0 Å². The van der Waals surface area contributed by atoms with E-state index in [2.05, 4.69) is 20.8 Å².